The van der Waals surface area contributed by atoms with Gasteiger partial charge in [-0.15, -0.1) is 0 Å². The molecular formula is C13H29NO. The predicted octanol–water partition coefficient (Wildman–Crippen LogP) is 2.95. The van der Waals surface area contributed by atoms with Crippen molar-refractivity contribution in [3.63, 3.8) is 0 Å². The largest absolute Gasteiger partial charge is 0.396 e. The van der Waals surface area contributed by atoms with Crippen molar-refractivity contribution >= 4 is 0 Å². The molecule has 0 fully saturated rings. The van der Waals surface area contributed by atoms with Crippen molar-refractivity contribution in [2.24, 2.45) is 5.92 Å². The summed E-state index contributed by atoms with van der Waals surface area (Å²) in [5.41, 5.74) is 0. The third-order valence-electron chi connectivity index (χ3n) is 3.08. The fourth-order valence-electron chi connectivity index (χ4n) is 2.01. The first kappa shape index (κ1) is 14.9. The molecule has 1 unspecified atom stereocenters. The molecule has 15 heavy (non-hydrogen) atoms. The molecular weight excluding hydrogens is 186 g/mol. The second kappa shape index (κ2) is 10.4. The van der Waals surface area contributed by atoms with E-state index < -0.39 is 0 Å². The van der Waals surface area contributed by atoms with Crippen LogP contribution in [0.25, 0.3) is 0 Å². The van der Waals surface area contributed by atoms with Gasteiger partial charge in [0.05, 0.1) is 0 Å². The normalized spacial score (nSPS) is 13.4. The minimum Gasteiger partial charge on any atom is -0.396 e. The Balaban J connectivity index is 3.73. The summed E-state index contributed by atoms with van der Waals surface area (Å²) in [5.74, 6) is 0.645. The Morgan fingerprint density at radius 2 is 1.60 bits per heavy atom. The highest BCUT2D eigenvalue weighted by molar-refractivity contribution is 4.69. The minimum absolute atomic E-state index is 0.326. The van der Waals surface area contributed by atoms with Crippen LogP contribution in [0.3, 0.4) is 0 Å². The molecule has 92 valence electrons. The van der Waals surface area contributed by atoms with E-state index in [1.807, 2.05) is 0 Å². The molecule has 0 spiro atoms. The average molecular weight is 215 g/mol. The molecule has 0 aliphatic rings. The van der Waals surface area contributed by atoms with Gasteiger partial charge in [-0.3, -0.25) is 0 Å². The Morgan fingerprint density at radius 3 is 2.00 bits per heavy atom. The summed E-state index contributed by atoms with van der Waals surface area (Å²) in [6.45, 7) is 8.09. The summed E-state index contributed by atoms with van der Waals surface area (Å²) >= 11 is 0. The van der Waals surface area contributed by atoms with Gasteiger partial charge in [-0.1, -0.05) is 40.0 Å². The van der Waals surface area contributed by atoms with Gasteiger partial charge in [-0.25, -0.2) is 0 Å². The molecule has 0 rings (SSSR count). The van der Waals surface area contributed by atoms with E-state index in [9.17, 15) is 0 Å². The molecule has 0 aromatic heterocycles. The van der Waals surface area contributed by atoms with Crippen LogP contribution >= 0.6 is 0 Å². The smallest absolute Gasteiger partial charge is 0.0434 e. The molecule has 0 bridgehead atoms. The van der Waals surface area contributed by atoms with E-state index in [0.29, 0.717) is 18.6 Å². The van der Waals surface area contributed by atoms with E-state index >= 15 is 0 Å². The minimum atomic E-state index is 0.326. The molecule has 0 amide bonds. The maximum Gasteiger partial charge on any atom is 0.0434 e. The van der Waals surface area contributed by atoms with E-state index in [4.69, 9.17) is 5.11 Å². The summed E-state index contributed by atoms with van der Waals surface area (Å²) < 4.78 is 0. The van der Waals surface area contributed by atoms with E-state index in [0.717, 1.165) is 13.0 Å². The highest BCUT2D eigenvalue weighted by atomic mass is 16.3. The van der Waals surface area contributed by atoms with Crippen LogP contribution in [0, 0.1) is 5.92 Å². The van der Waals surface area contributed by atoms with E-state index in [1.54, 1.807) is 0 Å². The Morgan fingerprint density at radius 1 is 1.00 bits per heavy atom. The van der Waals surface area contributed by atoms with Crippen LogP contribution in [0.15, 0.2) is 0 Å². The highest BCUT2D eigenvalue weighted by Gasteiger charge is 2.09. The lowest BCUT2D eigenvalue weighted by Crippen LogP contribution is -2.33. The maximum atomic E-state index is 8.91. The van der Waals surface area contributed by atoms with Crippen molar-refractivity contribution in [2.75, 3.05) is 13.2 Å². The number of nitrogens with one attached hydrogen (secondary N) is 1. The van der Waals surface area contributed by atoms with Crippen molar-refractivity contribution in [2.45, 2.75) is 65.3 Å². The fourth-order valence-corrected chi connectivity index (χ4v) is 2.01. The lowest BCUT2D eigenvalue weighted by atomic mass is 10.0. The van der Waals surface area contributed by atoms with Gasteiger partial charge >= 0.3 is 0 Å². The van der Waals surface area contributed by atoms with Crippen LogP contribution in [0.2, 0.25) is 0 Å². The zero-order chi connectivity index (χ0) is 11.5. The van der Waals surface area contributed by atoms with Gasteiger partial charge in [0, 0.05) is 12.6 Å². The lowest BCUT2D eigenvalue weighted by molar-refractivity contribution is 0.246. The number of hydrogen-bond donors (Lipinski definition) is 2. The molecule has 0 saturated heterocycles. The van der Waals surface area contributed by atoms with Crippen molar-refractivity contribution in [1.82, 2.24) is 5.32 Å². The first-order valence-electron chi connectivity index (χ1n) is 6.62. The molecule has 2 N–H and O–H groups in total. The second-order valence-electron chi connectivity index (χ2n) is 4.47. The first-order valence-corrected chi connectivity index (χ1v) is 6.62. The van der Waals surface area contributed by atoms with E-state index in [1.165, 1.54) is 32.1 Å². The van der Waals surface area contributed by atoms with Crippen molar-refractivity contribution in [3.05, 3.63) is 0 Å². The Hall–Kier alpha value is -0.0800. The van der Waals surface area contributed by atoms with Crippen molar-refractivity contribution < 1.29 is 5.11 Å². The van der Waals surface area contributed by atoms with Gasteiger partial charge in [-0.2, -0.15) is 0 Å². The van der Waals surface area contributed by atoms with Crippen LogP contribution in [0.5, 0.6) is 0 Å². The third-order valence-corrected chi connectivity index (χ3v) is 3.08. The van der Waals surface area contributed by atoms with Crippen molar-refractivity contribution in [1.29, 1.82) is 0 Å². The van der Waals surface area contributed by atoms with Gasteiger partial charge in [0.1, 0.15) is 0 Å². The number of rotatable bonds is 10. The van der Waals surface area contributed by atoms with Gasteiger partial charge in [-0.05, 0) is 31.7 Å². The molecule has 1 atom stereocenters. The molecule has 0 aliphatic heterocycles. The van der Waals surface area contributed by atoms with Gasteiger partial charge in [0.15, 0.2) is 0 Å². The number of hydrogen-bond acceptors (Lipinski definition) is 2. The number of aliphatic hydroxyl groups is 1. The van der Waals surface area contributed by atoms with Crippen LogP contribution in [-0.2, 0) is 0 Å². The zero-order valence-corrected chi connectivity index (χ0v) is 10.8. The second-order valence-corrected chi connectivity index (χ2v) is 4.47. The Bertz CT molecular complexity index is 122. The molecule has 0 heterocycles. The quantitative estimate of drug-likeness (QED) is 0.587. The van der Waals surface area contributed by atoms with Gasteiger partial charge in [0.2, 0.25) is 0 Å². The monoisotopic (exact) mass is 215 g/mol. The predicted molar refractivity (Wildman–Crippen MR) is 67.1 cm³/mol. The molecule has 0 aromatic carbocycles. The summed E-state index contributed by atoms with van der Waals surface area (Å²) in [6.07, 6.45) is 7.18. The third kappa shape index (κ3) is 7.80. The van der Waals surface area contributed by atoms with Crippen LogP contribution in [0.4, 0.5) is 0 Å². The molecule has 0 aliphatic carbocycles. The maximum absolute atomic E-state index is 8.91. The molecule has 2 heteroatoms. The molecule has 0 radical (unpaired) electrons. The lowest BCUT2D eigenvalue weighted by Gasteiger charge is -2.21. The van der Waals surface area contributed by atoms with Gasteiger partial charge < -0.3 is 10.4 Å². The van der Waals surface area contributed by atoms with Crippen LogP contribution in [0.1, 0.15) is 59.3 Å². The fraction of sp³-hybridized carbons (Fsp3) is 1.00. The SMILES string of the molecule is CCCC(CCC)NCC(CC)CCO. The van der Waals surface area contributed by atoms with E-state index in [2.05, 4.69) is 26.1 Å². The summed E-state index contributed by atoms with van der Waals surface area (Å²) in [6, 6.07) is 0.688. The molecule has 0 aromatic rings. The average Bonchev–Trinajstić information content (AvgIpc) is 2.24. The van der Waals surface area contributed by atoms with Crippen LogP contribution < -0.4 is 5.32 Å². The zero-order valence-electron chi connectivity index (χ0n) is 10.8. The Kier molecular flexibility index (Phi) is 10.4. The summed E-state index contributed by atoms with van der Waals surface area (Å²) in [7, 11) is 0. The summed E-state index contributed by atoms with van der Waals surface area (Å²) in [4.78, 5) is 0. The van der Waals surface area contributed by atoms with Crippen molar-refractivity contribution in [3.8, 4) is 0 Å². The number of aliphatic hydroxyl groups excluding tert-OH is 1. The standard InChI is InChI=1S/C13H29NO/c1-4-7-13(8-5-2)14-11-12(6-3)9-10-15/h12-15H,4-11H2,1-3H3. The highest BCUT2D eigenvalue weighted by Crippen LogP contribution is 2.09. The molecule has 0 saturated carbocycles. The Labute approximate surface area is 95.5 Å². The van der Waals surface area contributed by atoms with Gasteiger partial charge in [0.25, 0.3) is 0 Å². The van der Waals surface area contributed by atoms with Crippen LogP contribution in [-0.4, -0.2) is 24.3 Å². The van der Waals surface area contributed by atoms with E-state index in [-0.39, 0.29) is 0 Å². The first-order chi connectivity index (χ1) is 7.28. The topological polar surface area (TPSA) is 32.3 Å². The summed E-state index contributed by atoms with van der Waals surface area (Å²) in [5, 5.41) is 12.6. The molecule has 2 nitrogen and oxygen atoms in total.